The largest absolute Gasteiger partial charge is 0.451 e. The highest BCUT2D eigenvalue weighted by atomic mass is 35.5. The molecule has 1 saturated heterocycles. The van der Waals surface area contributed by atoms with Gasteiger partial charge in [0.25, 0.3) is 5.91 Å². The average molecular weight is 323 g/mol. The minimum Gasteiger partial charge on any atom is -0.451 e. The molecule has 1 fully saturated rings. The second-order valence-electron chi connectivity index (χ2n) is 5.78. The standard InChI is InChI=1S/C17H22N2O2.ClH/c1-18-9-6-13-7-10-19(11-8-13)17(20)16-12-14-4-2-3-5-15(14)21-16;/h2-5,12-13,18H,6-11H2,1H3;1H. The van der Waals surface area contributed by atoms with Crippen molar-refractivity contribution < 1.29 is 9.21 Å². The van der Waals surface area contributed by atoms with Crippen molar-refractivity contribution in [3.8, 4) is 0 Å². The zero-order valence-corrected chi connectivity index (χ0v) is 13.7. The lowest BCUT2D eigenvalue weighted by Crippen LogP contribution is -2.38. The van der Waals surface area contributed by atoms with Crippen LogP contribution < -0.4 is 5.32 Å². The fourth-order valence-corrected chi connectivity index (χ4v) is 3.02. The van der Waals surface area contributed by atoms with E-state index in [1.807, 2.05) is 42.3 Å². The Bertz CT molecular complexity index is 585. The average Bonchev–Trinajstić information content (AvgIpc) is 2.96. The van der Waals surface area contributed by atoms with E-state index in [4.69, 9.17) is 4.42 Å². The van der Waals surface area contributed by atoms with Crippen molar-refractivity contribution in [1.82, 2.24) is 10.2 Å². The minimum absolute atomic E-state index is 0. The normalized spacial score (nSPS) is 15.8. The van der Waals surface area contributed by atoms with Gasteiger partial charge >= 0.3 is 0 Å². The van der Waals surface area contributed by atoms with Gasteiger partial charge in [-0.05, 0) is 50.9 Å². The Labute approximate surface area is 137 Å². The van der Waals surface area contributed by atoms with Crippen LogP contribution >= 0.6 is 12.4 Å². The molecule has 1 aromatic carbocycles. The Kier molecular flexibility index (Phi) is 5.86. The summed E-state index contributed by atoms with van der Waals surface area (Å²) in [5, 5.41) is 4.18. The van der Waals surface area contributed by atoms with Gasteiger partial charge in [-0.1, -0.05) is 18.2 Å². The van der Waals surface area contributed by atoms with Crippen LogP contribution in [0.2, 0.25) is 0 Å². The smallest absolute Gasteiger partial charge is 0.289 e. The van der Waals surface area contributed by atoms with E-state index >= 15 is 0 Å². The number of amides is 1. The van der Waals surface area contributed by atoms with Gasteiger partial charge in [-0.25, -0.2) is 0 Å². The van der Waals surface area contributed by atoms with E-state index in [0.717, 1.165) is 49.4 Å². The molecule has 1 aliphatic heterocycles. The number of hydrogen-bond donors (Lipinski definition) is 1. The maximum atomic E-state index is 12.5. The highest BCUT2D eigenvalue weighted by Gasteiger charge is 2.25. The lowest BCUT2D eigenvalue weighted by Gasteiger charge is -2.31. The number of halogens is 1. The number of likely N-dealkylation sites (tertiary alicyclic amines) is 1. The summed E-state index contributed by atoms with van der Waals surface area (Å²) < 4.78 is 5.67. The van der Waals surface area contributed by atoms with Crippen molar-refractivity contribution in [3.63, 3.8) is 0 Å². The number of para-hydroxylation sites is 1. The fourth-order valence-electron chi connectivity index (χ4n) is 3.02. The number of carbonyl (C=O) groups is 1. The summed E-state index contributed by atoms with van der Waals surface area (Å²) in [6, 6.07) is 9.60. The Morgan fingerprint density at radius 1 is 1.32 bits per heavy atom. The van der Waals surface area contributed by atoms with Crippen molar-refractivity contribution in [2.45, 2.75) is 19.3 Å². The van der Waals surface area contributed by atoms with Crippen molar-refractivity contribution in [2.24, 2.45) is 5.92 Å². The molecule has 2 heterocycles. The predicted octanol–water partition coefficient (Wildman–Crippen LogP) is 3.32. The maximum Gasteiger partial charge on any atom is 0.289 e. The van der Waals surface area contributed by atoms with Crippen LogP contribution in [0.15, 0.2) is 34.7 Å². The molecule has 0 unspecified atom stereocenters. The molecule has 4 nitrogen and oxygen atoms in total. The first kappa shape index (κ1) is 16.8. The molecule has 5 heteroatoms. The van der Waals surface area contributed by atoms with Crippen LogP contribution in [0.4, 0.5) is 0 Å². The third-order valence-corrected chi connectivity index (χ3v) is 4.34. The molecule has 0 radical (unpaired) electrons. The molecule has 3 rings (SSSR count). The number of benzene rings is 1. The van der Waals surface area contributed by atoms with Gasteiger partial charge in [0.15, 0.2) is 5.76 Å². The van der Waals surface area contributed by atoms with Gasteiger partial charge in [-0.2, -0.15) is 0 Å². The van der Waals surface area contributed by atoms with Gasteiger partial charge in [0.2, 0.25) is 0 Å². The Morgan fingerprint density at radius 3 is 2.73 bits per heavy atom. The molecule has 22 heavy (non-hydrogen) atoms. The Balaban J connectivity index is 0.00000176. The van der Waals surface area contributed by atoms with Crippen LogP contribution in [0, 0.1) is 5.92 Å². The SMILES string of the molecule is CNCCC1CCN(C(=O)c2cc3ccccc3o2)CC1.Cl. The summed E-state index contributed by atoms with van der Waals surface area (Å²) in [7, 11) is 1.99. The third kappa shape index (κ3) is 3.62. The molecule has 0 spiro atoms. The number of nitrogens with zero attached hydrogens (tertiary/aromatic N) is 1. The lowest BCUT2D eigenvalue weighted by atomic mass is 9.93. The number of nitrogens with one attached hydrogen (secondary N) is 1. The third-order valence-electron chi connectivity index (χ3n) is 4.34. The van der Waals surface area contributed by atoms with Gasteiger partial charge in [0.05, 0.1) is 0 Å². The number of carbonyl (C=O) groups excluding carboxylic acids is 1. The second-order valence-corrected chi connectivity index (χ2v) is 5.78. The number of fused-ring (bicyclic) bond motifs is 1. The molecular weight excluding hydrogens is 300 g/mol. The molecule has 0 saturated carbocycles. The van der Waals surface area contributed by atoms with Crippen molar-refractivity contribution in [2.75, 3.05) is 26.7 Å². The molecule has 1 aromatic heterocycles. The second kappa shape index (κ2) is 7.65. The van der Waals surface area contributed by atoms with Gasteiger partial charge in [-0.15, -0.1) is 12.4 Å². The fraction of sp³-hybridized carbons (Fsp3) is 0.471. The maximum absolute atomic E-state index is 12.5. The van der Waals surface area contributed by atoms with Crippen LogP contribution in [0.25, 0.3) is 11.0 Å². The molecule has 0 bridgehead atoms. The molecule has 120 valence electrons. The first-order chi connectivity index (χ1) is 10.3. The molecule has 2 aromatic rings. The van der Waals surface area contributed by atoms with E-state index in [1.54, 1.807) is 0 Å². The van der Waals surface area contributed by atoms with Crippen LogP contribution in [0.1, 0.15) is 29.8 Å². The highest BCUT2D eigenvalue weighted by Crippen LogP contribution is 2.24. The Hall–Kier alpha value is -1.52. The monoisotopic (exact) mass is 322 g/mol. The quantitative estimate of drug-likeness (QED) is 0.939. The molecule has 1 amide bonds. The predicted molar refractivity (Wildman–Crippen MR) is 90.6 cm³/mol. The van der Waals surface area contributed by atoms with Gasteiger partial charge < -0.3 is 14.6 Å². The Morgan fingerprint density at radius 2 is 2.05 bits per heavy atom. The van der Waals surface area contributed by atoms with Crippen LogP contribution in [-0.2, 0) is 0 Å². The summed E-state index contributed by atoms with van der Waals surface area (Å²) in [5.41, 5.74) is 0.782. The van der Waals surface area contributed by atoms with Crippen LogP contribution in [0.5, 0.6) is 0 Å². The molecule has 1 aliphatic rings. The number of furan rings is 1. The summed E-state index contributed by atoms with van der Waals surface area (Å²) >= 11 is 0. The van der Waals surface area contributed by atoms with E-state index in [0.29, 0.717) is 5.76 Å². The van der Waals surface area contributed by atoms with Crippen LogP contribution in [0.3, 0.4) is 0 Å². The molecule has 0 aliphatic carbocycles. The molecule has 1 N–H and O–H groups in total. The van der Waals surface area contributed by atoms with E-state index in [1.165, 1.54) is 6.42 Å². The zero-order chi connectivity index (χ0) is 14.7. The van der Waals surface area contributed by atoms with Crippen molar-refractivity contribution >= 4 is 29.3 Å². The van der Waals surface area contributed by atoms with E-state index in [-0.39, 0.29) is 18.3 Å². The summed E-state index contributed by atoms with van der Waals surface area (Å²) in [6.45, 7) is 2.73. The summed E-state index contributed by atoms with van der Waals surface area (Å²) in [4.78, 5) is 14.4. The van der Waals surface area contributed by atoms with E-state index in [2.05, 4.69) is 5.32 Å². The zero-order valence-electron chi connectivity index (χ0n) is 12.9. The van der Waals surface area contributed by atoms with Crippen LogP contribution in [-0.4, -0.2) is 37.5 Å². The number of hydrogen-bond acceptors (Lipinski definition) is 3. The number of piperidine rings is 1. The van der Waals surface area contributed by atoms with E-state index in [9.17, 15) is 4.79 Å². The topological polar surface area (TPSA) is 45.5 Å². The number of rotatable bonds is 4. The first-order valence-electron chi connectivity index (χ1n) is 7.70. The molecule has 0 atom stereocenters. The van der Waals surface area contributed by atoms with Crippen molar-refractivity contribution in [3.05, 3.63) is 36.1 Å². The van der Waals surface area contributed by atoms with Gasteiger partial charge in [0.1, 0.15) is 5.58 Å². The molecular formula is C17H23ClN2O2. The van der Waals surface area contributed by atoms with Crippen molar-refractivity contribution in [1.29, 1.82) is 0 Å². The first-order valence-corrected chi connectivity index (χ1v) is 7.70. The lowest BCUT2D eigenvalue weighted by molar-refractivity contribution is 0.0657. The highest BCUT2D eigenvalue weighted by molar-refractivity contribution is 5.96. The van der Waals surface area contributed by atoms with E-state index < -0.39 is 0 Å². The summed E-state index contributed by atoms with van der Waals surface area (Å²) in [6.07, 6.45) is 3.38. The van der Waals surface area contributed by atoms with Gasteiger partial charge in [-0.3, -0.25) is 4.79 Å². The summed E-state index contributed by atoms with van der Waals surface area (Å²) in [5.74, 6) is 1.22. The van der Waals surface area contributed by atoms with Gasteiger partial charge in [0, 0.05) is 18.5 Å². The minimum atomic E-state index is 0.